The number of hydrogen-bond acceptors (Lipinski definition) is 3. The number of allylic oxidation sites excluding steroid dienone is 1. The highest BCUT2D eigenvalue weighted by atomic mass is 32.2. The number of aromatic amines is 1. The van der Waals surface area contributed by atoms with Crippen molar-refractivity contribution in [2.45, 2.75) is 37.3 Å². The first kappa shape index (κ1) is 11.5. The van der Waals surface area contributed by atoms with Gasteiger partial charge < -0.3 is 4.98 Å². The zero-order valence-electron chi connectivity index (χ0n) is 9.29. The lowest BCUT2D eigenvalue weighted by Crippen LogP contribution is -2.21. The quantitative estimate of drug-likeness (QED) is 0.378. The SMILES string of the molecule is C=CCCSc1nc2c(c(=O)[nH]1)CCCC2. The summed E-state index contributed by atoms with van der Waals surface area (Å²) < 4.78 is 0. The maximum atomic E-state index is 11.8. The number of nitrogens with zero attached hydrogens (tertiary/aromatic N) is 1. The Morgan fingerprint density at radius 3 is 3.06 bits per heavy atom. The summed E-state index contributed by atoms with van der Waals surface area (Å²) >= 11 is 1.59. The van der Waals surface area contributed by atoms with E-state index < -0.39 is 0 Å². The second-order valence-corrected chi connectivity index (χ2v) is 5.01. The summed E-state index contributed by atoms with van der Waals surface area (Å²) in [5.41, 5.74) is 1.97. The predicted molar refractivity (Wildman–Crippen MR) is 67.0 cm³/mol. The molecule has 0 spiro atoms. The molecule has 0 saturated heterocycles. The lowest BCUT2D eigenvalue weighted by molar-refractivity contribution is 0.641. The van der Waals surface area contributed by atoms with Crippen LogP contribution >= 0.6 is 11.8 Å². The fourth-order valence-corrected chi connectivity index (χ4v) is 2.71. The van der Waals surface area contributed by atoms with Gasteiger partial charge in [-0.3, -0.25) is 4.79 Å². The van der Waals surface area contributed by atoms with Crippen molar-refractivity contribution < 1.29 is 0 Å². The highest BCUT2D eigenvalue weighted by molar-refractivity contribution is 7.99. The van der Waals surface area contributed by atoms with Crippen molar-refractivity contribution in [3.8, 4) is 0 Å². The fraction of sp³-hybridized carbons (Fsp3) is 0.500. The van der Waals surface area contributed by atoms with Crippen LogP contribution in [0, 0.1) is 0 Å². The van der Waals surface area contributed by atoms with E-state index in [1.54, 1.807) is 11.8 Å². The van der Waals surface area contributed by atoms with Gasteiger partial charge in [-0.05, 0) is 32.1 Å². The van der Waals surface area contributed by atoms with Gasteiger partial charge >= 0.3 is 0 Å². The molecular weight excluding hydrogens is 220 g/mol. The lowest BCUT2D eigenvalue weighted by Gasteiger charge is -2.14. The van der Waals surface area contributed by atoms with Crippen molar-refractivity contribution in [3.63, 3.8) is 0 Å². The maximum absolute atomic E-state index is 11.8. The number of aryl methyl sites for hydroxylation is 1. The highest BCUT2D eigenvalue weighted by Crippen LogP contribution is 2.19. The van der Waals surface area contributed by atoms with E-state index in [2.05, 4.69) is 16.5 Å². The van der Waals surface area contributed by atoms with Crippen molar-refractivity contribution in [2.24, 2.45) is 0 Å². The molecule has 0 bridgehead atoms. The molecule has 2 rings (SSSR count). The third-order valence-electron chi connectivity index (χ3n) is 2.73. The Labute approximate surface area is 99.4 Å². The van der Waals surface area contributed by atoms with E-state index in [1.807, 2.05) is 6.08 Å². The van der Waals surface area contributed by atoms with Crippen LogP contribution in [0.5, 0.6) is 0 Å². The first-order valence-electron chi connectivity index (χ1n) is 5.67. The van der Waals surface area contributed by atoms with Gasteiger partial charge in [0.15, 0.2) is 5.16 Å². The molecule has 4 heteroatoms. The molecule has 1 aliphatic carbocycles. The van der Waals surface area contributed by atoms with E-state index in [0.717, 1.165) is 54.3 Å². The van der Waals surface area contributed by atoms with Gasteiger partial charge in [0.05, 0.1) is 5.69 Å². The normalized spacial score (nSPS) is 14.5. The minimum Gasteiger partial charge on any atom is -0.301 e. The van der Waals surface area contributed by atoms with Crippen molar-refractivity contribution >= 4 is 11.8 Å². The molecule has 0 atom stereocenters. The summed E-state index contributed by atoms with van der Waals surface area (Å²) in [5, 5.41) is 0.757. The van der Waals surface area contributed by atoms with Gasteiger partial charge in [-0.25, -0.2) is 4.98 Å². The smallest absolute Gasteiger partial charge is 0.254 e. The van der Waals surface area contributed by atoms with Crippen LogP contribution in [0.2, 0.25) is 0 Å². The van der Waals surface area contributed by atoms with Gasteiger partial charge in [0.25, 0.3) is 5.56 Å². The van der Waals surface area contributed by atoms with E-state index >= 15 is 0 Å². The first-order chi connectivity index (χ1) is 7.81. The number of H-pyrrole nitrogens is 1. The van der Waals surface area contributed by atoms with Crippen molar-refractivity contribution in [3.05, 3.63) is 34.3 Å². The maximum Gasteiger partial charge on any atom is 0.254 e. The third kappa shape index (κ3) is 2.55. The molecule has 1 aliphatic rings. The van der Waals surface area contributed by atoms with E-state index in [0.29, 0.717) is 0 Å². The topological polar surface area (TPSA) is 45.8 Å². The first-order valence-corrected chi connectivity index (χ1v) is 6.65. The molecule has 0 aromatic carbocycles. The molecule has 0 radical (unpaired) electrons. The summed E-state index contributed by atoms with van der Waals surface area (Å²) in [7, 11) is 0. The van der Waals surface area contributed by atoms with E-state index in [4.69, 9.17) is 0 Å². The Kier molecular flexibility index (Phi) is 3.83. The zero-order chi connectivity index (χ0) is 11.4. The minimum atomic E-state index is 0.0609. The van der Waals surface area contributed by atoms with Crippen LogP contribution in [-0.4, -0.2) is 15.7 Å². The van der Waals surface area contributed by atoms with E-state index in [-0.39, 0.29) is 5.56 Å². The number of thioether (sulfide) groups is 1. The fourth-order valence-electron chi connectivity index (χ4n) is 1.89. The largest absolute Gasteiger partial charge is 0.301 e. The third-order valence-corrected chi connectivity index (χ3v) is 3.64. The molecule has 0 saturated carbocycles. The van der Waals surface area contributed by atoms with E-state index in [1.165, 1.54) is 0 Å². The summed E-state index contributed by atoms with van der Waals surface area (Å²) in [6.07, 6.45) is 6.92. The van der Waals surface area contributed by atoms with Crippen LogP contribution < -0.4 is 5.56 Å². The highest BCUT2D eigenvalue weighted by Gasteiger charge is 2.15. The van der Waals surface area contributed by atoms with Gasteiger partial charge in [0.1, 0.15) is 0 Å². The Balaban J connectivity index is 2.18. The Bertz CT molecular complexity index is 439. The molecular formula is C12H16N2OS. The van der Waals surface area contributed by atoms with Gasteiger partial charge in [-0.1, -0.05) is 17.8 Å². The Morgan fingerprint density at radius 2 is 2.25 bits per heavy atom. The van der Waals surface area contributed by atoms with Crippen molar-refractivity contribution in [2.75, 3.05) is 5.75 Å². The predicted octanol–water partition coefficient (Wildman–Crippen LogP) is 2.32. The molecule has 1 heterocycles. The molecule has 0 fully saturated rings. The molecule has 1 aromatic heterocycles. The number of fused-ring (bicyclic) bond motifs is 1. The van der Waals surface area contributed by atoms with Crippen molar-refractivity contribution in [1.29, 1.82) is 0 Å². The second-order valence-electron chi connectivity index (χ2n) is 3.93. The van der Waals surface area contributed by atoms with Gasteiger partial charge in [-0.15, -0.1) is 6.58 Å². The number of hydrogen-bond donors (Lipinski definition) is 1. The van der Waals surface area contributed by atoms with Crippen LogP contribution in [-0.2, 0) is 12.8 Å². The molecule has 1 aromatic rings. The molecule has 3 nitrogen and oxygen atoms in total. The number of rotatable bonds is 4. The molecule has 86 valence electrons. The summed E-state index contributed by atoms with van der Waals surface area (Å²) in [5.74, 6) is 0.922. The summed E-state index contributed by atoms with van der Waals surface area (Å²) in [6, 6.07) is 0. The average molecular weight is 236 g/mol. The van der Waals surface area contributed by atoms with Crippen LogP contribution in [0.4, 0.5) is 0 Å². The van der Waals surface area contributed by atoms with Crippen LogP contribution in [0.1, 0.15) is 30.5 Å². The molecule has 0 unspecified atom stereocenters. The second kappa shape index (κ2) is 5.34. The molecule has 1 N–H and O–H groups in total. The number of aromatic nitrogens is 2. The standard InChI is InChI=1S/C12H16N2OS/c1-2-3-8-16-12-13-10-7-5-4-6-9(10)11(15)14-12/h2H,1,3-8H2,(H,13,14,15). The molecule has 16 heavy (non-hydrogen) atoms. The minimum absolute atomic E-state index is 0.0609. The van der Waals surface area contributed by atoms with Gasteiger partial charge in [0, 0.05) is 11.3 Å². The average Bonchev–Trinajstić information content (AvgIpc) is 2.30. The zero-order valence-corrected chi connectivity index (χ0v) is 10.1. The summed E-state index contributed by atoms with van der Waals surface area (Å²) in [4.78, 5) is 19.2. The van der Waals surface area contributed by atoms with Crippen LogP contribution in [0.15, 0.2) is 22.6 Å². The van der Waals surface area contributed by atoms with Gasteiger partial charge in [-0.2, -0.15) is 0 Å². The Morgan fingerprint density at radius 1 is 1.44 bits per heavy atom. The lowest BCUT2D eigenvalue weighted by atomic mass is 9.97. The van der Waals surface area contributed by atoms with Gasteiger partial charge in [0.2, 0.25) is 0 Å². The van der Waals surface area contributed by atoms with E-state index in [9.17, 15) is 4.79 Å². The number of nitrogens with one attached hydrogen (secondary N) is 1. The van der Waals surface area contributed by atoms with Crippen molar-refractivity contribution in [1.82, 2.24) is 9.97 Å². The molecule has 0 aliphatic heterocycles. The molecule has 0 amide bonds. The van der Waals surface area contributed by atoms with Crippen LogP contribution in [0.3, 0.4) is 0 Å². The summed E-state index contributed by atoms with van der Waals surface area (Å²) in [6.45, 7) is 3.67. The monoisotopic (exact) mass is 236 g/mol. The Hall–Kier alpha value is -1.03. The van der Waals surface area contributed by atoms with Crippen LogP contribution in [0.25, 0.3) is 0 Å².